The highest BCUT2D eigenvalue weighted by molar-refractivity contribution is 5.87. The number of carbonyl (C=O) groups excluding carboxylic acids is 2. The average Bonchev–Trinajstić information content (AvgIpc) is 3.41. The molecular formula is C21H28N2O3. The second-order valence-corrected chi connectivity index (χ2v) is 8.15. The van der Waals surface area contributed by atoms with E-state index in [0.29, 0.717) is 0 Å². The van der Waals surface area contributed by atoms with Gasteiger partial charge in [-0.2, -0.15) is 0 Å². The molecule has 4 rings (SSSR count). The molecule has 1 spiro atoms. The van der Waals surface area contributed by atoms with Crippen LogP contribution >= 0.6 is 0 Å². The van der Waals surface area contributed by atoms with E-state index in [2.05, 4.69) is 4.90 Å². The van der Waals surface area contributed by atoms with Crippen LogP contribution in [0.25, 0.3) is 0 Å². The van der Waals surface area contributed by atoms with Crippen LogP contribution in [0.3, 0.4) is 0 Å². The Balaban J connectivity index is 1.68. The summed E-state index contributed by atoms with van der Waals surface area (Å²) in [6, 6.07) is 9.51. The van der Waals surface area contributed by atoms with Crippen LogP contribution in [0, 0.1) is 0 Å². The summed E-state index contributed by atoms with van der Waals surface area (Å²) >= 11 is 0. The third-order valence-corrected chi connectivity index (χ3v) is 6.14. The van der Waals surface area contributed by atoms with Crippen LogP contribution in [-0.4, -0.2) is 52.5 Å². The first kappa shape index (κ1) is 17.5. The summed E-state index contributed by atoms with van der Waals surface area (Å²) in [6.07, 6.45) is 4.96. The number of nitrogens with zero attached hydrogens (tertiary/aromatic N) is 2. The number of morpholine rings is 1. The second kappa shape index (κ2) is 6.69. The average molecular weight is 356 g/mol. The van der Waals surface area contributed by atoms with E-state index < -0.39 is 6.10 Å². The van der Waals surface area contributed by atoms with Gasteiger partial charge in [-0.1, -0.05) is 30.3 Å². The molecule has 1 aromatic rings. The summed E-state index contributed by atoms with van der Waals surface area (Å²) in [7, 11) is 0. The Morgan fingerprint density at radius 3 is 2.54 bits per heavy atom. The first-order valence-electron chi connectivity index (χ1n) is 9.83. The van der Waals surface area contributed by atoms with Crippen molar-refractivity contribution < 1.29 is 14.3 Å². The van der Waals surface area contributed by atoms with Gasteiger partial charge >= 0.3 is 0 Å². The van der Waals surface area contributed by atoms with E-state index in [1.165, 1.54) is 6.42 Å². The monoisotopic (exact) mass is 356 g/mol. The van der Waals surface area contributed by atoms with Crippen LogP contribution in [0.2, 0.25) is 0 Å². The molecule has 0 N–H and O–H groups in total. The molecule has 0 aromatic heterocycles. The first-order chi connectivity index (χ1) is 12.5. The van der Waals surface area contributed by atoms with E-state index in [1.54, 1.807) is 0 Å². The molecule has 0 unspecified atom stereocenters. The number of benzene rings is 1. The molecule has 26 heavy (non-hydrogen) atoms. The lowest BCUT2D eigenvalue weighted by atomic mass is 9.93. The maximum absolute atomic E-state index is 13.5. The Bertz CT molecular complexity index is 684. The molecule has 0 bridgehead atoms. The van der Waals surface area contributed by atoms with E-state index in [4.69, 9.17) is 4.74 Å². The SMILES string of the molecule is CC(C)N1C(=O)CO[C@H](C(=O)N2CCCCC23CC3)[C@H]1c1ccccc1. The molecule has 2 aliphatic heterocycles. The molecule has 0 radical (unpaired) electrons. The number of amides is 2. The molecule has 5 nitrogen and oxygen atoms in total. The number of rotatable bonds is 3. The molecule has 2 saturated heterocycles. The summed E-state index contributed by atoms with van der Waals surface area (Å²) in [6.45, 7) is 4.81. The summed E-state index contributed by atoms with van der Waals surface area (Å²) in [5, 5.41) is 0. The summed E-state index contributed by atoms with van der Waals surface area (Å²) in [4.78, 5) is 30.0. The fourth-order valence-corrected chi connectivity index (χ4v) is 4.69. The predicted octanol–water partition coefficient (Wildman–Crippen LogP) is 2.91. The van der Waals surface area contributed by atoms with E-state index in [9.17, 15) is 9.59 Å². The maximum Gasteiger partial charge on any atom is 0.254 e. The number of carbonyl (C=O) groups is 2. The minimum absolute atomic E-state index is 0.0151. The zero-order chi connectivity index (χ0) is 18.3. The highest BCUT2D eigenvalue weighted by Gasteiger charge is 2.54. The van der Waals surface area contributed by atoms with Gasteiger partial charge in [0.2, 0.25) is 5.91 Å². The van der Waals surface area contributed by atoms with Gasteiger partial charge in [-0.15, -0.1) is 0 Å². The largest absolute Gasteiger partial charge is 0.356 e. The normalized spacial score (nSPS) is 27.9. The van der Waals surface area contributed by atoms with Crippen molar-refractivity contribution in [1.82, 2.24) is 9.80 Å². The van der Waals surface area contributed by atoms with Crippen molar-refractivity contribution in [3.63, 3.8) is 0 Å². The Labute approximate surface area is 155 Å². The van der Waals surface area contributed by atoms with Gasteiger partial charge < -0.3 is 14.5 Å². The molecule has 5 heteroatoms. The molecule has 2 heterocycles. The molecular weight excluding hydrogens is 328 g/mol. The molecule has 140 valence electrons. The van der Waals surface area contributed by atoms with Gasteiger partial charge in [0.05, 0.1) is 6.04 Å². The molecule has 3 fully saturated rings. The Kier molecular flexibility index (Phi) is 4.51. The molecule has 2 amide bonds. The van der Waals surface area contributed by atoms with E-state index in [1.807, 2.05) is 49.1 Å². The Morgan fingerprint density at radius 1 is 1.15 bits per heavy atom. The van der Waals surface area contributed by atoms with Crippen LogP contribution < -0.4 is 0 Å². The van der Waals surface area contributed by atoms with Crippen molar-refractivity contribution in [2.24, 2.45) is 0 Å². The quantitative estimate of drug-likeness (QED) is 0.837. The summed E-state index contributed by atoms with van der Waals surface area (Å²) in [5.74, 6) is 0.0203. The number of hydrogen-bond acceptors (Lipinski definition) is 3. The second-order valence-electron chi connectivity index (χ2n) is 8.15. The summed E-state index contributed by atoms with van der Waals surface area (Å²) in [5.41, 5.74) is 1.04. The number of ether oxygens (including phenoxy) is 1. The van der Waals surface area contributed by atoms with E-state index in [-0.39, 0.29) is 36.0 Å². The number of likely N-dealkylation sites (tertiary alicyclic amines) is 1. The lowest BCUT2D eigenvalue weighted by molar-refractivity contribution is -0.174. The van der Waals surface area contributed by atoms with Crippen molar-refractivity contribution in [2.45, 2.75) is 69.7 Å². The predicted molar refractivity (Wildman–Crippen MR) is 98.4 cm³/mol. The zero-order valence-electron chi connectivity index (χ0n) is 15.7. The first-order valence-corrected chi connectivity index (χ1v) is 9.83. The number of piperidine rings is 1. The minimum Gasteiger partial charge on any atom is -0.356 e. The minimum atomic E-state index is -0.618. The van der Waals surface area contributed by atoms with Crippen LogP contribution in [-0.2, 0) is 14.3 Å². The Morgan fingerprint density at radius 2 is 1.88 bits per heavy atom. The summed E-state index contributed by atoms with van der Waals surface area (Å²) < 4.78 is 5.89. The van der Waals surface area contributed by atoms with Crippen molar-refractivity contribution in [2.75, 3.05) is 13.2 Å². The fourth-order valence-electron chi connectivity index (χ4n) is 4.69. The van der Waals surface area contributed by atoms with Crippen LogP contribution in [0.1, 0.15) is 57.6 Å². The van der Waals surface area contributed by atoms with Crippen LogP contribution in [0.15, 0.2) is 30.3 Å². The molecule has 1 aliphatic carbocycles. The van der Waals surface area contributed by atoms with Crippen molar-refractivity contribution in [1.29, 1.82) is 0 Å². The third kappa shape index (κ3) is 2.92. The maximum atomic E-state index is 13.5. The van der Waals surface area contributed by atoms with Gasteiger partial charge in [-0.25, -0.2) is 0 Å². The molecule has 3 aliphatic rings. The van der Waals surface area contributed by atoms with Crippen LogP contribution in [0.5, 0.6) is 0 Å². The van der Waals surface area contributed by atoms with Crippen molar-refractivity contribution >= 4 is 11.8 Å². The molecule has 1 aromatic carbocycles. The highest BCUT2D eigenvalue weighted by Crippen LogP contribution is 2.49. The van der Waals surface area contributed by atoms with Gasteiger partial charge in [-0.05, 0) is 51.5 Å². The standard InChI is InChI=1S/C21H28N2O3/c1-15(2)23-17(24)14-26-19(18(23)16-8-4-3-5-9-16)20(25)22-13-7-6-10-21(22)11-12-21/h3-5,8-9,15,18-19H,6-7,10-14H2,1-2H3/t18-,19+/m1/s1. The topological polar surface area (TPSA) is 49.9 Å². The Hall–Kier alpha value is -1.88. The van der Waals surface area contributed by atoms with Gasteiger partial charge in [0, 0.05) is 18.1 Å². The van der Waals surface area contributed by atoms with Gasteiger partial charge in [0.25, 0.3) is 5.91 Å². The van der Waals surface area contributed by atoms with Crippen molar-refractivity contribution in [3.05, 3.63) is 35.9 Å². The third-order valence-electron chi connectivity index (χ3n) is 6.14. The highest BCUT2D eigenvalue weighted by atomic mass is 16.5. The lowest BCUT2D eigenvalue weighted by Crippen LogP contribution is -2.59. The molecule has 2 atom stereocenters. The van der Waals surface area contributed by atoms with Gasteiger partial charge in [0.1, 0.15) is 6.61 Å². The van der Waals surface area contributed by atoms with Gasteiger partial charge in [0.15, 0.2) is 6.10 Å². The lowest BCUT2D eigenvalue weighted by Gasteiger charge is -2.46. The smallest absolute Gasteiger partial charge is 0.254 e. The fraction of sp³-hybridized carbons (Fsp3) is 0.619. The van der Waals surface area contributed by atoms with E-state index >= 15 is 0 Å². The van der Waals surface area contributed by atoms with E-state index in [0.717, 1.165) is 37.8 Å². The molecule has 1 saturated carbocycles. The van der Waals surface area contributed by atoms with Crippen molar-refractivity contribution in [3.8, 4) is 0 Å². The zero-order valence-corrected chi connectivity index (χ0v) is 15.7. The van der Waals surface area contributed by atoms with Crippen LogP contribution in [0.4, 0.5) is 0 Å². The number of hydrogen-bond donors (Lipinski definition) is 0. The van der Waals surface area contributed by atoms with Gasteiger partial charge in [-0.3, -0.25) is 9.59 Å².